The first kappa shape index (κ1) is 10.9. The Morgan fingerprint density at radius 2 is 1.72 bits per heavy atom. The van der Waals surface area contributed by atoms with E-state index in [0.29, 0.717) is 0 Å². The molecule has 1 aromatic carbocycles. The predicted molar refractivity (Wildman–Crippen MR) is 74.6 cm³/mol. The van der Waals surface area contributed by atoms with Crippen molar-refractivity contribution in [3.8, 4) is 11.1 Å². The second-order valence-electron chi connectivity index (χ2n) is 4.61. The van der Waals surface area contributed by atoms with Crippen LogP contribution in [0.2, 0.25) is 0 Å². The van der Waals surface area contributed by atoms with Crippen LogP contribution in [0.25, 0.3) is 11.1 Å². The highest BCUT2D eigenvalue weighted by atomic mass is 14.7. The summed E-state index contributed by atoms with van der Waals surface area (Å²) in [5.74, 6) is 0. The molecule has 2 N–H and O–H groups in total. The first-order chi connectivity index (χ1) is 8.83. The number of rotatable bonds is 3. The van der Waals surface area contributed by atoms with Gasteiger partial charge in [0.1, 0.15) is 0 Å². The summed E-state index contributed by atoms with van der Waals surface area (Å²) < 4.78 is 0. The van der Waals surface area contributed by atoms with Crippen LogP contribution in [0.1, 0.15) is 17.0 Å². The maximum Gasteiger partial charge on any atom is 0.0286 e. The van der Waals surface area contributed by atoms with Crippen LogP contribution in [0.15, 0.2) is 54.9 Å². The lowest BCUT2D eigenvalue weighted by Crippen LogP contribution is -1.91. The van der Waals surface area contributed by atoms with E-state index in [0.717, 1.165) is 6.42 Å². The minimum absolute atomic E-state index is 0.906. The summed E-state index contributed by atoms with van der Waals surface area (Å²) in [6.07, 6.45) is 4.88. The Morgan fingerprint density at radius 3 is 2.44 bits per heavy atom. The third-order valence-electron chi connectivity index (χ3n) is 3.22. The molecule has 18 heavy (non-hydrogen) atoms. The average Bonchev–Trinajstić information content (AvgIpc) is 3.02. The first-order valence-electron chi connectivity index (χ1n) is 6.18. The van der Waals surface area contributed by atoms with Crippen LogP contribution >= 0.6 is 0 Å². The Labute approximate surface area is 107 Å². The molecule has 0 bridgehead atoms. The Morgan fingerprint density at radius 1 is 0.889 bits per heavy atom. The monoisotopic (exact) mass is 236 g/mol. The smallest absolute Gasteiger partial charge is 0.0286 e. The largest absolute Gasteiger partial charge is 0.365 e. The summed E-state index contributed by atoms with van der Waals surface area (Å²) >= 11 is 0. The fourth-order valence-corrected chi connectivity index (χ4v) is 2.22. The number of aryl methyl sites for hydroxylation is 1. The van der Waals surface area contributed by atoms with Crippen molar-refractivity contribution in [2.24, 2.45) is 0 Å². The minimum Gasteiger partial charge on any atom is -0.365 e. The van der Waals surface area contributed by atoms with Gasteiger partial charge in [-0.3, -0.25) is 0 Å². The number of aromatic amines is 2. The van der Waals surface area contributed by atoms with E-state index >= 15 is 0 Å². The van der Waals surface area contributed by atoms with Crippen molar-refractivity contribution in [2.75, 3.05) is 0 Å². The van der Waals surface area contributed by atoms with Gasteiger partial charge in [-0.25, -0.2) is 0 Å². The normalized spacial score (nSPS) is 10.7. The van der Waals surface area contributed by atoms with Gasteiger partial charge in [-0.05, 0) is 30.7 Å². The molecule has 0 unspecified atom stereocenters. The first-order valence-corrected chi connectivity index (χ1v) is 6.18. The molecule has 0 radical (unpaired) electrons. The Balaban J connectivity index is 1.94. The van der Waals surface area contributed by atoms with Crippen molar-refractivity contribution in [3.05, 3.63) is 71.8 Å². The molecule has 0 spiro atoms. The molecule has 3 rings (SSSR count). The fourth-order valence-electron chi connectivity index (χ4n) is 2.22. The lowest BCUT2D eigenvalue weighted by molar-refractivity contribution is 1.05. The maximum absolute atomic E-state index is 3.34. The molecule has 2 nitrogen and oxygen atoms in total. The third kappa shape index (κ3) is 2.09. The van der Waals surface area contributed by atoms with E-state index in [-0.39, 0.29) is 0 Å². The standard InChI is InChI=1S/C16H16N2/c1-12-4-6-13(7-5-12)15-8-10-18-16(15)11-14-3-2-9-17-14/h2-10,17-18H,11H2,1H3. The molecule has 3 aromatic rings. The van der Waals surface area contributed by atoms with Gasteiger partial charge in [0.2, 0.25) is 0 Å². The molecule has 0 saturated carbocycles. The van der Waals surface area contributed by atoms with Gasteiger partial charge in [0, 0.05) is 35.8 Å². The van der Waals surface area contributed by atoms with Crippen molar-refractivity contribution < 1.29 is 0 Å². The summed E-state index contributed by atoms with van der Waals surface area (Å²) in [5.41, 5.74) is 6.32. The number of hydrogen-bond acceptors (Lipinski definition) is 0. The zero-order valence-electron chi connectivity index (χ0n) is 10.4. The lowest BCUT2D eigenvalue weighted by atomic mass is 10.0. The van der Waals surface area contributed by atoms with E-state index in [1.165, 1.54) is 28.1 Å². The van der Waals surface area contributed by atoms with Gasteiger partial charge < -0.3 is 9.97 Å². The number of aromatic nitrogens is 2. The minimum atomic E-state index is 0.906. The van der Waals surface area contributed by atoms with Crippen molar-refractivity contribution in [1.29, 1.82) is 0 Å². The van der Waals surface area contributed by atoms with E-state index in [9.17, 15) is 0 Å². The van der Waals surface area contributed by atoms with Crippen LogP contribution in [-0.2, 0) is 6.42 Å². The van der Waals surface area contributed by atoms with E-state index in [2.05, 4.69) is 53.3 Å². The second-order valence-corrected chi connectivity index (χ2v) is 4.61. The number of benzene rings is 1. The molecule has 90 valence electrons. The SMILES string of the molecule is Cc1ccc(-c2cc[nH]c2Cc2ccc[nH]2)cc1. The van der Waals surface area contributed by atoms with E-state index in [4.69, 9.17) is 0 Å². The van der Waals surface area contributed by atoms with Crippen molar-refractivity contribution in [1.82, 2.24) is 9.97 Å². The highest BCUT2D eigenvalue weighted by molar-refractivity contribution is 5.66. The van der Waals surface area contributed by atoms with Crippen LogP contribution < -0.4 is 0 Å². The Kier molecular flexibility index (Phi) is 2.77. The summed E-state index contributed by atoms with van der Waals surface area (Å²) in [7, 11) is 0. The molecule has 0 aliphatic carbocycles. The summed E-state index contributed by atoms with van der Waals surface area (Å²) in [5, 5.41) is 0. The van der Waals surface area contributed by atoms with Crippen LogP contribution in [-0.4, -0.2) is 9.97 Å². The fraction of sp³-hybridized carbons (Fsp3) is 0.125. The molecular weight excluding hydrogens is 220 g/mol. The molecule has 0 saturated heterocycles. The topological polar surface area (TPSA) is 31.6 Å². The van der Waals surface area contributed by atoms with E-state index in [1.54, 1.807) is 0 Å². The molecule has 0 aliphatic rings. The summed E-state index contributed by atoms with van der Waals surface area (Å²) in [6.45, 7) is 2.11. The van der Waals surface area contributed by atoms with Crippen molar-refractivity contribution in [3.63, 3.8) is 0 Å². The summed E-state index contributed by atoms with van der Waals surface area (Å²) in [4.78, 5) is 6.58. The molecule has 2 heteroatoms. The van der Waals surface area contributed by atoms with Gasteiger partial charge in [0.25, 0.3) is 0 Å². The number of nitrogens with one attached hydrogen (secondary N) is 2. The highest BCUT2D eigenvalue weighted by Crippen LogP contribution is 2.24. The zero-order chi connectivity index (χ0) is 12.4. The van der Waals surface area contributed by atoms with Gasteiger partial charge >= 0.3 is 0 Å². The number of hydrogen-bond donors (Lipinski definition) is 2. The molecule has 2 aromatic heterocycles. The predicted octanol–water partition coefficient (Wildman–Crippen LogP) is 3.91. The quantitative estimate of drug-likeness (QED) is 0.691. The summed E-state index contributed by atoms with van der Waals surface area (Å²) in [6, 6.07) is 14.9. The van der Waals surface area contributed by atoms with Crippen molar-refractivity contribution >= 4 is 0 Å². The van der Waals surface area contributed by atoms with Gasteiger partial charge in [-0.1, -0.05) is 29.8 Å². The maximum atomic E-state index is 3.34. The molecular formula is C16H16N2. The van der Waals surface area contributed by atoms with Crippen LogP contribution in [0, 0.1) is 6.92 Å². The van der Waals surface area contributed by atoms with Gasteiger partial charge in [0.05, 0.1) is 0 Å². The number of H-pyrrole nitrogens is 2. The molecule has 2 heterocycles. The van der Waals surface area contributed by atoms with Crippen LogP contribution in [0.4, 0.5) is 0 Å². The van der Waals surface area contributed by atoms with E-state index < -0.39 is 0 Å². The van der Waals surface area contributed by atoms with Gasteiger partial charge in [-0.2, -0.15) is 0 Å². The molecule has 0 amide bonds. The highest BCUT2D eigenvalue weighted by Gasteiger charge is 2.07. The average molecular weight is 236 g/mol. The van der Waals surface area contributed by atoms with E-state index in [1.807, 2.05) is 18.5 Å². The Bertz CT molecular complexity index is 615. The Hall–Kier alpha value is -2.22. The molecule has 0 atom stereocenters. The van der Waals surface area contributed by atoms with Gasteiger partial charge in [-0.15, -0.1) is 0 Å². The van der Waals surface area contributed by atoms with Gasteiger partial charge in [0.15, 0.2) is 0 Å². The zero-order valence-corrected chi connectivity index (χ0v) is 10.4. The third-order valence-corrected chi connectivity index (χ3v) is 3.22. The van der Waals surface area contributed by atoms with Crippen molar-refractivity contribution in [2.45, 2.75) is 13.3 Å². The molecule has 0 aliphatic heterocycles. The lowest BCUT2D eigenvalue weighted by Gasteiger charge is -2.04. The molecule has 0 fully saturated rings. The second kappa shape index (κ2) is 4.57. The van der Waals surface area contributed by atoms with Crippen LogP contribution in [0.3, 0.4) is 0 Å². The van der Waals surface area contributed by atoms with Crippen LogP contribution in [0.5, 0.6) is 0 Å².